The monoisotopic (exact) mass is 507 g/mol. The molecule has 0 spiro atoms. The highest BCUT2D eigenvalue weighted by atomic mass is 16.5. The van der Waals surface area contributed by atoms with Crippen LogP contribution in [0, 0.1) is 5.92 Å². The van der Waals surface area contributed by atoms with Gasteiger partial charge in [0.2, 0.25) is 0 Å². The predicted octanol–water partition coefficient (Wildman–Crippen LogP) is 4.23. The van der Waals surface area contributed by atoms with Gasteiger partial charge in [0.1, 0.15) is 18.1 Å². The van der Waals surface area contributed by atoms with Crippen LogP contribution in [0.1, 0.15) is 24.8 Å². The van der Waals surface area contributed by atoms with Crippen LogP contribution in [0.2, 0.25) is 0 Å². The zero-order valence-electron chi connectivity index (χ0n) is 22.3. The van der Waals surface area contributed by atoms with E-state index >= 15 is 0 Å². The molecule has 2 saturated heterocycles. The summed E-state index contributed by atoms with van der Waals surface area (Å²) in [6.07, 6.45) is 4.18. The maximum absolute atomic E-state index is 12.0. The standard InChI is InChI=1S/C30H41N3O4/c1-4-21-37-28-11-7-5-9-25(28)23-31-16-15-26(24(22-31)13-14-30(34)36-3)32-17-19-33(20-18-32)27-10-6-8-12-29(27)35-2/h4-12,24,26H,1,13-23H2,2-3H3/t24-,26+/m1/s1. The Morgan fingerprint density at radius 2 is 1.73 bits per heavy atom. The molecule has 2 aliphatic heterocycles. The predicted molar refractivity (Wildman–Crippen MR) is 147 cm³/mol. The summed E-state index contributed by atoms with van der Waals surface area (Å²) in [5.74, 6) is 2.13. The number of esters is 1. The highest BCUT2D eigenvalue weighted by Gasteiger charge is 2.35. The number of methoxy groups -OCH3 is 2. The van der Waals surface area contributed by atoms with Gasteiger partial charge in [-0.3, -0.25) is 14.6 Å². The van der Waals surface area contributed by atoms with Crippen molar-refractivity contribution in [1.82, 2.24) is 9.80 Å². The van der Waals surface area contributed by atoms with E-state index in [0.29, 0.717) is 25.0 Å². The number of likely N-dealkylation sites (tertiary alicyclic amines) is 1. The second kappa shape index (κ2) is 13.5. The summed E-state index contributed by atoms with van der Waals surface area (Å²) < 4.78 is 16.5. The van der Waals surface area contributed by atoms with Crippen molar-refractivity contribution in [2.24, 2.45) is 5.92 Å². The zero-order chi connectivity index (χ0) is 26.0. The Balaban J connectivity index is 1.41. The number of benzene rings is 2. The molecule has 200 valence electrons. The van der Waals surface area contributed by atoms with E-state index in [1.54, 1.807) is 13.2 Å². The molecule has 7 heteroatoms. The largest absolute Gasteiger partial charge is 0.495 e. The van der Waals surface area contributed by atoms with E-state index in [9.17, 15) is 4.79 Å². The van der Waals surface area contributed by atoms with Gasteiger partial charge in [-0.05, 0) is 43.5 Å². The number of nitrogens with zero attached hydrogens (tertiary/aromatic N) is 3. The van der Waals surface area contributed by atoms with E-state index in [2.05, 4.69) is 45.5 Å². The zero-order valence-corrected chi connectivity index (χ0v) is 22.3. The second-order valence-corrected chi connectivity index (χ2v) is 9.87. The Bertz CT molecular complexity index is 1020. The topological polar surface area (TPSA) is 54.5 Å². The minimum atomic E-state index is -0.125. The number of anilines is 1. The summed E-state index contributed by atoms with van der Waals surface area (Å²) >= 11 is 0. The van der Waals surface area contributed by atoms with Gasteiger partial charge in [0.05, 0.1) is 19.9 Å². The Kier molecular flexibility index (Phi) is 9.85. The third-order valence-electron chi connectivity index (χ3n) is 7.66. The van der Waals surface area contributed by atoms with Gasteiger partial charge in [0.25, 0.3) is 0 Å². The fourth-order valence-electron chi connectivity index (χ4n) is 5.76. The number of para-hydroxylation sites is 3. The van der Waals surface area contributed by atoms with Crippen LogP contribution >= 0.6 is 0 Å². The van der Waals surface area contributed by atoms with Gasteiger partial charge in [0, 0.05) is 57.3 Å². The first-order chi connectivity index (χ1) is 18.1. The SMILES string of the molecule is C=CCOc1ccccc1CN1CC[C@H](N2CCN(c3ccccc3OC)CC2)[C@H](CCC(=O)OC)C1. The van der Waals surface area contributed by atoms with Crippen molar-refractivity contribution in [2.45, 2.75) is 31.8 Å². The summed E-state index contributed by atoms with van der Waals surface area (Å²) in [6.45, 7) is 11.1. The molecule has 2 aromatic carbocycles. The molecule has 0 saturated carbocycles. The van der Waals surface area contributed by atoms with Crippen LogP contribution in [-0.2, 0) is 16.1 Å². The first kappa shape index (κ1) is 27.0. The smallest absolute Gasteiger partial charge is 0.305 e. The Labute approximate surface area is 221 Å². The molecular formula is C30H41N3O4. The van der Waals surface area contributed by atoms with Crippen LogP contribution in [-0.4, -0.2) is 81.9 Å². The van der Waals surface area contributed by atoms with E-state index in [4.69, 9.17) is 14.2 Å². The van der Waals surface area contributed by atoms with Crippen molar-refractivity contribution in [3.05, 3.63) is 66.7 Å². The summed E-state index contributed by atoms with van der Waals surface area (Å²) in [7, 11) is 3.21. The van der Waals surface area contributed by atoms with Crippen molar-refractivity contribution in [3.8, 4) is 11.5 Å². The number of hydrogen-bond acceptors (Lipinski definition) is 7. The molecule has 2 fully saturated rings. The molecule has 7 nitrogen and oxygen atoms in total. The number of piperidine rings is 1. The normalized spacial score (nSPS) is 20.9. The lowest BCUT2D eigenvalue weighted by Crippen LogP contribution is -2.56. The maximum atomic E-state index is 12.0. The number of hydrogen-bond donors (Lipinski definition) is 0. The lowest BCUT2D eigenvalue weighted by atomic mass is 9.86. The molecule has 2 aliphatic rings. The van der Waals surface area contributed by atoms with Crippen molar-refractivity contribution in [3.63, 3.8) is 0 Å². The van der Waals surface area contributed by atoms with E-state index in [1.165, 1.54) is 18.4 Å². The van der Waals surface area contributed by atoms with Crippen LogP contribution in [0.15, 0.2) is 61.2 Å². The van der Waals surface area contributed by atoms with Crippen LogP contribution in [0.3, 0.4) is 0 Å². The van der Waals surface area contributed by atoms with Gasteiger partial charge in [-0.25, -0.2) is 0 Å². The fraction of sp³-hybridized carbons (Fsp3) is 0.500. The summed E-state index contributed by atoms with van der Waals surface area (Å²) in [6, 6.07) is 17.0. The lowest BCUT2D eigenvalue weighted by molar-refractivity contribution is -0.141. The van der Waals surface area contributed by atoms with E-state index in [0.717, 1.165) is 70.2 Å². The summed E-state index contributed by atoms with van der Waals surface area (Å²) in [5, 5.41) is 0. The molecule has 0 amide bonds. The number of carbonyl (C=O) groups is 1. The Morgan fingerprint density at radius 3 is 2.46 bits per heavy atom. The molecular weight excluding hydrogens is 466 g/mol. The minimum Gasteiger partial charge on any atom is -0.495 e. The van der Waals surface area contributed by atoms with Crippen LogP contribution in [0.25, 0.3) is 0 Å². The third-order valence-corrected chi connectivity index (χ3v) is 7.66. The molecule has 2 aromatic rings. The summed E-state index contributed by atoms with van der Waals surface area (Å²) in [4.78, 5) is 19.6. The molecule has 0 unspecified atom stereocenters. The molecule has 0 bridgehead atoms. The molecule has 37 heavy (non-hydrogen) atoms. The van der Waals surface area contributed by atoms with E-state index < -0.39 is 0 Å². The molecule has 0 radical (unpaired) electrons. The molecule has 2 heterocycles. The van der Waals surface area contributed by atoms with Crippen LogP contribution in [0.5, 0.6) is 11.5 Å². The van der Waals surface area contributed by atoms with Crippen molar-refractivity contribution < 1.29 is 19.0 Å². The quantitative estimate of drug-likeness (QED) is 0.333. The van der Waals surface area contributed by atoms with E-state index in [1.807, 2.05) is 24.3 Å². The van der Waals surface area contributed by atoms with E-state index in [-0.39, 0.29) is 5.97 Å². The van der Waals surface area contributed by atoms with Crippen molar-refractivity contribution in [1.29, 1.82) is 0 Å². The molecule has 2 atom stereocenters. The first-order valence-corrected chi connectivity index (χ1v) is 13.4. The average molecular weight is 508 g/mol. The highest BCUT2D eigenvalue weighted by molar-refractivity contribution is 5.69. The number of rotatable bonds is 11. The van der Waals surface area contributed by atoms with Crippen molar-refractivity contribution in [2.75, 3.05) is 65.0 Å². The number of piperazine rings is 1. The average Bonchev–Trinajstić information content (AvgIpc) is 2.95. The molecule has 0 N–H and O–H groups in total. The molecule has 0 aliphatic carbocycles. The fourth-order valence-corrected chi connectivity index (χ4v) is 5.76. The Hall–Kier alpha value is -3.03. The van der Waals surface area contributed by atoms with Crippen LogP contribution in [0.4, 0.5) is 5.69 Å². The van der Waals surface area contributed by atoms with Crippen LogP contribution < -0.4 is 14.4 Å². The lowest BCUT2D eigenvalue weighted by Gasteiger charge is -2.47. The van der Waals surface area contributed by atoms with Gasteiger partial charge in [-0.2, -0.15) is 0 Å². The highest BCUT2D eigenvalue weighted by Crippen LogP contribution is 2.32. The Morgan fingerprint density at radius 1 is 1.00 bits per heavy atom. The van der Waals surface area contributed by atoms with Gasteiger partial charge >= 0.3 is 5.97 Å². The summed E-state index contributed by atoms with van der Waals surface area (Å²) in [5.41, 5.74) is 2.36. The molecule has 4 rings (SSSR count). The molecule has 0 aromatic heterocycles. The number of carbonyl (C=O) groups excluding carboxylic acids is 1. The third kappa shape index (κ3) is 7.05. The van der Waals surface area contributed by atoms with Gasteiger partial charge in [-0.1, -0.05) is 43.0 Å². The first-order valence-electron chi connectivity index (χ1n) is 13.4. The van der Waals surface area contributed by atoms with Gasteiger partial charge < -0.3 is 19.1 Å². The van der Waals surface area contributed by atoms with Gasteiger partial charge in [-0.15, -0.1) is 0 Å². The van der Waals surface area contributed by atoms with Crippen molar-refractivity contribution >= 4 is 11.7 Å². The van der Waals surface area contributed by atoms with Gasteiger partial charge in [0.15, 0.2) is 0 Å². The maximum Gasteiger partial charge on any atom is 0.305 e. The number of ether oxygens (including phenoxy) is 3. The minimum absolute atomic E-state index is 0.125. The second-order valence-electron chi connectivity index (χ2n) is 9.87.